The molecule has 1 amide bonds. The molecule has 0 unspecified atom stereocenters. The third kappa shape index (κ3) is 5.05. The van der Waals surface area contributed by atoms with Crippen LogP contribution in [0.1, 0.15) is 38.9 Å². The fourth-order valence-electron chi connectivity index (χ4n) is 3.72. The number of carbonyl (C=O) groups excluding carboxylic acids is 3. The first-order valence-corrected chi connectivity index (χ1v) is 11.2. The molecule has 8 nitrogen and oxygen atoms in total. The van der Waals surface area contributed by atoms with Gasteiger partial charge in [-0.15, -0.1) is 0 Å². The molecule has 0 fully saturated rings. The van der Waals surface area contributed by atoms with E-state index in [1.807, 2.05) is 0 Å². The van der Waals surface area contributed by atoms with Gasteiger partial charge in [-0.1, -0.05) is 12.1 Å². The summed E-state index contributed by atoms with van der Waals surface area (Å²) in [6.45, 7) is 3.30. The average Bonchev–Trinajstić information content (AvgIpc) is 2.86. The molecular formula is C27H22FN3O5. The number of fused-ring (bicyclic) bond motifs is 1. The molecule has 2 aromatic heterocycles. The maximum atomic E-state index is 13.3. The first-order chi connectivity index (χ1) is 17.3. The van der Waals surface area contributed by atoms with Gasteiger partial charge >= 0.3 is 5.97 Å². The Kier molecular flexibility index (Phi) is 7.00. The van der Waals surface area contributed by atoms with Crippen LogP contribution in [0.5, 0.6) is 0 Å². The number of nitrogens with one attached hydrogen (secondary N) is 1. The Bertz CT molecular complexity index is 1540. The number of pyridine rings is 2. The van der Waals surface area contributed by atoms with Crippen molar-refractivity contribution in [3.8, 4) is 0 Å². The minimum absolute atomic E-state index is 0.132. The number of rotatable bonds is 7. The monoisotopic (exact) mass is 487 g/mol. The van der Waals surface area contributed by atoms with Crippen molar-refractivity contribution in [2.45, 2.75) is 20.4 Å². The maximum Gasteiger partial charge on any atom is 0.340 e. The number of hydrogen-bond acceptors (Lipinski definition) is 6. The van der Waals surface area contributed by atoms with Gasteiger partial charge in [0.1, 0.15) is 18.0 Å². The predicted molar refractivity (Wildman–Crippen MR) is 132 cm³/mol. The Morgan fingerprint density at radius 3 is 2.44 bits per heavy atom. The van der Waals surface area contributed by atoms with Gasteiger partial charge in [-0.3, -0.25) is 14.4 Å². The first kappa shape index (κ1) is 24.5. The standard InChI is InChI=1S/C27H22FN3O5/c1-3-36-27(35)19-6-4-5-7-22(19)30-23(32)15-31-14-21(24(33)17-9-11-18(28)12-10-17)25(34)20-13-8-16(2)29-26(20)31/h4-14H,3,15H2,1-2H3,(H,30,32). The molecule has 0 aliphatic heterocycles. The molecule has 36 heavy (non-hydrogen) atoms. The summed E-state index contributed by atoms with van der Waals surface area (Å²) in [5.74, 6) is -2.21. The summed E-state index contributed by atoms with van der Waals surface area (Å²) in [7, 11) is 0. The second-order valence-electron chi connectivity index (χ2n) is 7.97. The molecule has 0 aliphatic carbocycles. The second kappa shape index (κ2) is 10.3. The van der Waals surface area contributed by atoms with Gasteiger partial charge in [0, 0.05) is 17.5 Å². The van der Waals surface area contributed by atoms with Crippen molar-refractivity contribution >= 4 is 34.4 Å². The number of aromatic nitrogens is 2. The van der Waals surface area contributed by atoms with E-state index in [4.69, 9.17) is 4.74 Å². The third-order valence-electron chi connectivity index (χ3n) is 5.42. The van der Waals surface area contributed by atoms with Gasteiger partial charge in [-0.05, 0) is 62.4 Å². The van der Waals surface area contributed by atoms with Crippen LogP contribution in [0.4, 0.5) is 10.1 Å². The number of anilines is 1. The highest BCUT2D eigenvalue weighted by Crippen LogP contribution is 2.18. The number of carbonyl (C=O) groups is 3. The molecular weight excluding hydrogens is 465 g/mol. The van der Waals surface area contributed by atoms with Gasteiger partial charge < -0.3 is 14.6 Å². The van der Waals surface area contributed by atoms with Crippen LogP contribution < -0.4 is 10.7 Å². The van der Waals surface area contributed by atoms with E-state index in [0.717, 1.165) is 12.1 Å². The number of esters is 1. The summed E-state index contributed by atoms with van der Waals surface area (Å²) in [6, 6.07) is 14.4. The van der Waals surface area contributed by atoms with E-state index >= 15 is 0 Å². The number of ether oxygens (including phenoxy) is 1. The lowest BCUT2D eigenvalue weighted by atomic mass is 10.0. The lowest BCUT2D eigenvalue weighted by Crippen LogP contribution is -2.25. The topological polar surface area (TPSA) is 107 Å². The lowest BCUT2D eigenvalue weighted by Gasteiger charge is -2.14. The van der Waals surface area contributed by atoms with Crippen LogP contribution in [0.15, 0.2) is 71.7 Å². The summed E-state index contributed by atoms with van der Waals surface area (Å²) in [5.41, 5.74) is 0.699. The zero-order valence-electron chi connectivity index (χ0n) is 19.6. The quantitative estimate of drug-likeness (QED) is 0.313. The molecule has 4 rings (SSSR count). The Hall–Kier alpha value is -4.66. The minimum Gasteiger partial charge on any atom is -0.462 e. The molecule has 0 spiro atoms. The zero-order chi connectivity index (χ0) is 25.8. The van der Waals surface area contributed by atoms with Crippen molar-refractivity contribution in [3.05, 3.63) is 105 Å². The highest BCUT2D eigenvalue weighted by Gasteiger charge is 2.20. The smallest absolute Gasteiger partial charge is 0.340 e. The van der Waals surface area contributed by atoms with E-state index in [9.17, 15) is 23.6 Å². The van der Waals surface area contributed by atoms with E-state index in [-0.39, 0.29) is 46.6 Å². The van der Waals surface area contributed by atoms with Gasteiger partial charge in [0.15, 0.2) is 5.78 Å². The second-order valence-corrected chi connectivity index (χ2v) is 7.97. The molecule has 0 aliphatic rings. The van der Waals surface area contributed by atoms with E-state index in [0.29, 0.717) is 5.69 Å². The Labute approximate surface area is 205 Å². The zero-order valence-corrected chi connectivity index (χ0v) is 19.6. The Morgan fingerprint density at radius 1 is 1.00 bits per heavy atom. The molecule has 0 bridgehead atoms. The van der Waals surface area contributed by atoms with Gasteiger partial charge in [0.25, 0.3) is 0 Å². The van der Waals surface area contributed by atoms with Gasteiger partial charge in [0.05, 0.1) is 28.8 Å². The number of benzene rings is 2. The van der Waals surface area contributed by atoms with Crippen LogP contribution in [-0.4, -0.2) is 33.8 Å². The van der Waals surface area contributed by atoms with Crippen LogP contribution in [0.3, 0.4) is 0 Å². The van der Waals surface area contributed by atoms with Crippen LogP contribution in [0.2, 0.25) is 0 Å². The largest absolute Gasteiger partial charge is 0.462 e. The van der Waals surface area contributed by atoms with Crippen molar-refractivity contribution in [1.82, 2.24) is 9.55 Å². The van der Waals surface area contributed by atoms with E-state index in [1.165, 1.54) is 29.0 Å². The molecule has 1 N–H and O–H groups in total. The summed E-state index contributed by atoms with van der Waals surface area (Å²) < 4.78 is 19.8. The lowest BCUT2D eigenvalue weighted by molar-refractivity contribution is -0.116. The summed E-state index contributed by atoms with van der Waals surface area (Å²) in [6.07, 6.45) is 1.28. The van der Waals surface area contributed by atoms with E-state index < -0.39 is 28.9 Å². The molecule has 9 heteroatoms. The van der Waals surface area contributed by atoms with Crippen molar-refractivity contribution in [3.63, 3.8) is 0 Å². The van der Waals surface area contributed by atoms with Crippen molar-refractivity contribution in [2.24, 2.45) is 0 Å². The van der Waals surface area contributed by atoms with Crippen molar-refractivity contribution in [1.29, 1.82) is 0 Å². The Morgan fingerprint density at radius 2 is 1.72 bits per heavy atom. The van der Waals surface area contributed by atoms with E-state index in [1.54, 1.807) is 44.2 Å². The summed E-state index contributed by atoms with van der Waals surface area (Å²) >= 11 is 0. The molecule has 182 valence electrons. The van der Waals surface area contributed by atoms with Crippen molar-refractivity contribution < 1.29 is 23.5 Å². The number of ketones is 1. The van der Waals surface area contributed by atoms with Gasteiger partial charge in [-0.25, -0.2) is 14.2 Å². The molecule has 0 saturated carbocycles. The highest BCUT2D eigenvalue weighted by atomic mass is 19.1. The van der Waals surface area contributed by atoms with E-state index in [2.05, 4.69) is 10.3 Å². The number of aryl methyl sites for hydroxylation is 1. The molecule has 0 saturated heterocycles. The number of amides is 1. The third-order valence-corrected chi connectivity index (χ3v) is 5.42. The SMILES string of the molecule is CCOC(=O)c1ccccc1NC(=O)Cn1cc(C(=O)c2ccc(F)cc2)c(=O)c2ccc(C)nc21. The van der Waals surface area contributed by atoms with Crippen LogP contribution in [-0.2, 0) is 16.1 Å². The van der Waals surface area contributed by atoms with Crippen LogP contribution in [0, 0.1) is 12.7 Å². The number of halogens is 1. The average molecular weight is 487 g/mol. The minimum atomic E-state index is -0.607. The molecule has 4 aromatic rings. The van der Waals surface area contributed by atoms with Gasteiger partial charge in [-0.2, -0.15) is 0 Å². The van der Waals surface area contributed by atoms with Crippen molar-refractivity contribution in [2.75, 3.05) is 11.9 Å². The van der Waals surface area contributed by atoms with Crippen LogP contribution in [0.25, 0.3) is 11.0 Å². The summed E-state index contributed by atoms with van der Waals surface area (Å²) in [4.78, 5) is 55.9. The fraction of sp³-hybridized carbons (Fsp3) is 0.148. The highest BCUT2D eigenvalue weighted by molar-refractivity contribution is 6.10. The molecule has 0 atom stereocenters. The normalized spacial score (nSPS) is 10.8. The summed E-state index contributed by atoms with van der Waals surface area (Å²) in [5, 5.41) is 2.85. The number of para-hydroxylation sites is 1. The number of hydrogen-bond donors (Lipinski definition) is 1. The number of nitrogens with zero attached hydrogens (tertiary/aromatic N) is 2. The fourth-order valence-corrected chi connectivity index (χ4v) is 3.72. The Balaban J connectivity index is 1.73. The predicted octanol–water partition coefficient (Wildman–Crippen LogP) is 3.89. The first-order valence-electron chi connectivity index (χ1n) is 11.2. The molecule has 2 aromatic carbocycles. The molecule has 0 radical (unpaired) electrons. The molecule has 2 heterocycles. The maximum absolute atomic E-state index is 13.3. The van der Waals surface area contributed by atoms with Crippen LogP contribution >= 0.6 is 0 Å². The van der Waals surface area contributed by atoms with Gasteiger partial charge in [0.2, 0.25) is 11.3 Å².